The first kappa shape index (κ1) is 21.6. The number of aryl methyl sites for hydroxylation is 3. The number of anilines is 2. The van der Waals surface area contributed by atoms with Crippen LogP contribution in [-0.4, -0.2) is 47.9 Å². The number of benzene rings is 2. The van der Waals surface area contributed by atoms with Crippen LogP contribution in [0.4, 0.5) is 11.5 Å². The number of rotatable bonds is 4. The van der Waals surface area contributed by atoms with Crippen molar-refractivity contribution in [1.29, 1.82) is 0 Å². The maximum Gasteiger partial charge on any atom is 0.165 e. The molecule has 170 valence electrons. The normalized spacial score (nSPS) is 14.2. The maximum atomic E-state index is 6.27. The minimum atomic E-state index is 0.778. The Hall–Kier alpha value is -3.25. The molecule has 0 unspecified atom stereocenters. The third kappa shape index (κ3) is 3.89. The van der Waals surface area contributed by atoms with E-state index >= 15 is 0 Å². The lowest BCUT2D eigenvalue weighted by molar-refractivity contribution is 0.416. The molecule has 6 nitrogen and oxygen atoms in total. The number of ether oxygens (including phenoxy) is 1. The lowest BCUT2D eigenvalue weighted by atomic mass is 10.1. The fraction of sp³-hybridized carbons (Fsp3) is 0.308. The van der Waals surface area contributed by atoms with Gasteiger partial charge in [-0.15, -0.1) is 0 Å². The van der Waals surface area contributed by atoms with Crippen LogP contribution in [0.15, 0.2) is 48.5 Å². The number of fused-ring (bicyclic) bond motifs is 1. The summed E-state index contributed by atoms with van der Waals surface area (Å²) in [5.74, 6) is 1.90. The smallest absolute Gasteiger partial charge is 0.165 e. The van der Waals surface area contributed by atoms with Crippen LogP contribution >= 0.6 is 11.6 Å². The highest BCUT2D eigenvalue weighted by atomic mass is 35.5. The van der Waals surface area contributed by atoms with Crippen molar-refractivity contribution in [2.75, 3.05) is 43.1 Å². The van der Waals surface area contributed by atoms with E-state index < -0.39 is 0 Å². The molecule has 4 aromatic rings. The molecule has 7 heteroatoms. The van der Waals surface area contributed by atoms with Crippen molar-refractivity contribution in [3.63, 3.8) is 0 Å². The number of nitrogens with zero attached hydrogens (tertiary/aromatic N) is 5. The molecular formula is C26H28ClN5O. The van der Waals surface area contributed by atoms with E-state index in [0.29, 0.717) is 0 Å². The standard InChI is InChI=1S/C26H28ClN5O/c1-17-9-10-20(27)16-22(17)30-11-13-31(14-12-30)24-15-18(2)28-26-25(19(3)29-32(24)26)21-7-5-6-8-23(21)33-4/h5-10,15-16H,11-14H2,1-4H3. The average molecular weight is 462 g/mol. The van der Waals surface area contributed by atoms with Gasteiger partial charge < -0.3 is 14.5 Å². The molecule has 2 aromatic heterocycles. The number of aromatic nitrogens is 3. The molecule has 1 aliphatic rings. The van der Waals surface area contributed by atoms with Gasteiger partial charge in [0.05, 0.1) is 18.4 Å². The van der Waals surface area contributed by atoms with Crippen LogP contribution in [0.2, 0.25) is 5.02 Å². The Labute approximate surface area is 199 Å². The van der Waals surface area contributed by atoms with Gasteiger partial charge in [0.2, 0.25) is 0 Å². The molecule has 0 radical (unpaired) electrons. The number of hydrogen-bond donors (Lipinski definition) is 0. The molecule has 3 heterocycles. The molecule has 1 fully saturated rings. The van der Waals surface area contributed by atoms with Gasteiger partial charge in [0.15, 0.2) is 5.65 Å². The van der Waals surface area contributed by atoms with E-state index in [1.165, 1.54) is 11.3 Å². The molecule has 33 heavy (non-hydrogen) atoms. The lowest BCUT2D eigenvalue weighted by Gasteiger charge is -2.38. The largest absolute Gasteiger partial charge is 0.496 e. The Bertz CT molecular complexity index is 1320. The minimum absolute atomic E-state index is 0.778. The molecule has 0 N–H and O–H groups in total. The molecule has 0 atom stereocenters. The van der Waals surface area contributed by atoms with Crippen LogP contribution in [0.25, 0.3) is 16.8 Å². The summed E-state index contributed by atoms with van der Waals surface area (Å²) in [5.41, 5.74) is 7.27. The van der Waals surface area contributed by atoms with Crippen LogP contribution in [0.3, 0.4) is 0 Å². The van der Waals surface area contributed by atoms with Gasteiger partial charge in [-0.05, 0) is 44.5 Å². The highest BCUT2D eigenvalue weighted by molar-refractivity contribution is 6.30. The van der Waals surface area contributed by atoms with E-state index in [1.807, 2.05) is 42.6 Å². The zero-order valence-electron chi connectivity index (χ0n) is 19.5. The van der Waals surface area contributed by atoms with E-state index in [4.69, 9.17) is 26.4 Å². The summed E-state index contributed by atoms with van der Waals surface area (Å²) in [6.45, 7) is 9.85. The molecule has 1 aliphatic heterocycles. The van der Waals surface area contributed by atoms with Gasteiger partial charge >= 0.3 is 0 Å². The monoisotopic (exact) mass is 461 g/mol. The topological polar surface area (TPSA) is 45.9 Å². The molecule has 0 amide bonds. The summed E-state index contributed by atoms with van der Waals surface area (Å²) in [7, 11) is 1.70. The van der Waals surface area contributed by atoms with Crippen LogP contribution in [0.5, 0.6) is 5.75 Å². The summed E-state index contributed by atoms with van der Waals surface area (Å²) < 4.78 is 7.62. The third-order valence-corrected chi connectivity index (χ3v) is 6.60. The summed E-state index contributed by atoms with van der Waals surface area (Å²) in [4.78, 5) is 9.69. The van der Waals surface area contributed by atoms with E-state index in [9.17, 15) is 0 Å². The first-order valence-corrected chi connectivity index (χ1v) is 11.6. The van der Waals surface area contributed by atoms with E-state index in [0.717, 1.165) is 70.9 Å². The number of methoxy groups -OCH3 is 1. The number of para-hydroxylation sites is 1. The Kier molecular flexibility index (Phi) is 5.62. The van der Waals surface area contributed by atoms with Crippen molar-refractivity contribution in [2.24, 2.45) is 0 Å². The second-order valence-electron chi connectivity index (χ2n) is 8.56. The van der Waals surface area contributed by atoms with Crippen molar-refractivity contribution in [2.45, 2.75) is 20.8 Å². The van der Waals surface area contributed by atoms with Gasteiger partial charge in [0, 0.05) is 54.2 Å². The second-order valence-corrected chi connectivity index (χ2v) is 8.99. The molecule has 0 bridgehead atoms. The maximum absolute atomic E-state index is 6.27. The summed E-state index contributed by atoms with van der Waals surface area (Å²) >= 11 is 6.27. The zero-order valence-corrected chi connectivity index (χ0v) is 20.2. The Morgan fingerprint density at radius 1 is 0.909 bits per heavy atom. The Morgan fingerprint density at radius 3 is 2.39 bits per heavy atom. The van der Waals surface area contributed by atoms with Gasteiger partial charge in [0.1, 0.15) is 11.6 Å². The highest BCUT2D eigenvalue weighted by Gasteiger charge is 2.24. The fourth-order valence-electron chi connectivity index (χ4n) is 4.72. The van der Waals surface area contributed by atoms with Crippen molar-refractivity contribution in [3.05, 3.63) is 70.5 Å². The van der Waals surface area contributed by atoms with Gasteiger partial charge in [0.25, 0.3) is 0 Å². The van der Waals surface area contributed by atoms with Crippen molar-refractivity contribution in [1.82, 2.24) is 14.6 Å². The van der Waals surface area contributed by atoms with Gasteiger partial charge in [-0.25, -0.2) is 4.98 Å². The summed E-state index contributed by atoms with van der Waals surface area (Å²) in [6, 6.07) is 16.3. The summed E-state index contributed by atoms with van der Waals surface area (Å²) in [6.07, 6.45) is 0. The van der Waals surface area contributed by atoms with Crippen LogP contribution in [0.1, 0.15) is 17.0 Å². The molecule has 0 aliphatic carbocycles. The molecule has 0 saturated carbocycles. The SMILES string of the molecule is COc1ccccc1-c1c(C)nn2c(N3CCN(c4cc(Cl)ccc4C)CC3)cc(C)nc12. The van der Waals surface area contributed by atoms with E-state index in [2.05, 4.69) is 41.0 Å². The summed E-state index contributed by atoms with van der Waals surface area (Å²) in [5, 5.41) is 5.69. The van der Waals surface area contributed by atoms with Crippen molar-refractivity contribution >= 4 is 28.8 Å². The predicted molar refractivity (Wildman–Crippen MR) is 135 cm³/mol. The highest BCUT2D eigenvalue weighted by Crippen LogP contribution is 2.36. The van der Waals surface area contributed by atoms with E-state index in [-0.39, 0.29) is 0 Å². The van der Waals surface area contributed by atoms with Gasteiger partial charge in [-0.1, -0.05) is 35.9 Å². The Balaban J connectivity index is 1.51. The fourth-order valence-corrected chi connectivity index (χ4v) is 4.88. The predicted octanol–water partition coefficient (Wildman–Crippen LogP) is 5.31. The van der Waals surface area contributed by atoms with Crippen LogP contribution in [-0.2, 0) is 0 Å². The zero-order chi connectivity index (χ0) is 23.1. The van der Waals surface area contributed by atoms with Gasteiger partial charge in [-0.3, -0.25) is 0 Å². The quantitative estimate of drug-likeness (QED) is 0.412. The third-order valence-electron chi connectivity index (χ3n) is 6.37. The molecular weight excluding hydrogens is 434 g/mol. The van der Waals surface area contributed by atoms with E-state index in [1.54, 1.807) is 7.11 Å². The van der Waals surface area contributed by atoms with Crippen molar-refractivity contribution in [3.8, 4) is 16.9 Å². The second kappa shape index (κ2) is 8.60. The number of hydrogen-bond acceptors (Lipinski definition) is 5. The average Bonchev–Trinajstić information content (AvgIpc) is 3.15. The first-order valence-electron chi connectivity index (χ1n) is 11.2. The first-order chi connectivity index (χ1) is 16.0. The molecule has 1 saturated heterocycles. The number of piperazine rings is 1. The Morgan fingerprint density at radius 2 is 1.64 bits per heavy atom. The molecule has 0 spiro atoms. The van der Waals surface area contributed by atoms with Crippen molar-refractivity contribution < 1.29 is 4.74 Å². The van der Waals surface area contributed by atoms with Crippen LogP contribution in [0, 0.1) is 20.8 Å². The van der Waals surface area contributed by atoms with Gasteiger partial charge in [-0.2, -0.15) is 9.61 Å². The molecule has 2 aromatic carbocycles. The molecule has 5 rings (SSSR count). The minimum Gasteiger partial charge on any atom is -0.496 e. The number of halogens is 1. The lowest BCUT2D eigenvalue weighted by Crippen LogP contribution is -2.47. The van der Waals surface area contributed by atoms with Crippen LogP contribution < -0.4 is 14.5 Å².